The molecule has 0 aromatic carbocycles. The summed E-state index contributed by atoms with van der Waals surface area (Å²) in [6.45, 7) is 3.48. The van der Waals surface area contributed by atoms with Crippen molar-refractivity contribution in [3.8, 4) is 0 Å². The van der Waals surface area contributed by atoms with E-state index in [1.807, 2.05) is 0 Å². The molecule has 0 N–H and O–H groups in total. The zero-order chi connectivity index (χ0) is 9.14. The minimum atomic E-state index is -0.0602. The number of allylic oxidation sites excluding steroid dienone is 1. The Bertz CT molecular complexity index is 297. The van der Waals surface area contributed by atoms with Crippen LogP contribution in [0.5, 0.6) is 0 Å². The highest BCUT2D eigenvalue weighted by Gasteiger charge is 2.13. The molecule has 1 heterocycles. The van der Waals surface area contributed by atoms with Crippen LogP contribution in [0.1, 0.15) is 16.9 Å². The molecule has 0 unspecified atom stereocenters. The van der Waals surface area contributed by atoms with E-state index in [1.165, 1.54) is 10.9 Å². The van der Waals surface area contributed by atoms with Gasteiger partial charge in [0.15, 0.2) is 5.78 Å². The highest BCUT2D eigenvalue weighted by Crippen LogP contribution is 2.15. The lowest BCUT2D eigenvalue weighted by molar-refractivity contribution is 0.0987. The number of carbonyl (C=O) groups excluding carboxylic acids is 1. The summed E-state index contributed by atoms with van der Waals surface area (Å²) in [4.78, 5) is 11.3. The molecule has 0 radical (unpaired) electrons. The van der Waals surface area contributed by atoms with E-state index in [0.717, 1.165) is 0 Å². The summed E-state index contributed by atoms with van der Waals surface area (Å²) in [5.41, 5.74) is 0.441. The van der Waals surface area contributed by atoms with Gasteiger partial charge < -0.3 is 0 Å². The van der Waals surface area contributed by atoms with Crippen molar-refractivity contribution in [3.05, 3.63) is 29.6 Å². The Morgan fingerprint density at radius 2 is 2.58 bits per heavy atom. The minimum Gasteiger partial charge on any atom is -0.292 e. The van der Waals surface area contributed by atoms with Gasteiger partial charge in [-0.3, -0.25) is 9.48 Å². The first-order valence-corrected chi connectivity index (χ1v) is 3.86. The Kier molecular flexibility index (Phi) is 2.65. The average Bonchev–Trinajstić information content (AvgIpc) is 2.32. The molecule has 1 aromatic rings. The molecular formula is C8H9ClN2O. The molecule has 0 aliphatic carbocycles. The van der Waals surface area contributed by atoms with Gasteiger partial charge in [0.2, 0.25) is 0 Å². The molecule has 0 atom stereocenters. The van der Waals surface area contributed by atoms with Crippen molar-refractivity contribution in [2.24, 2.45) is 7.05 Å². The van der Waals surface area contributed by atoms with Crippen molar-refractivity contribution >= 4 is 17.4 Å². The number of ketones is 1. The van der Waals surface area contributed by atoms with Gasteiger partial charge in [0.25, 0.3) is 0 Å². The molecule has 3 nitrogen and oxygen atoms in total. The van der Waals surface area contributed by atoms with Crippen LogP contribution in [0.4, 0.5) is 0 Å². The molecule has 1 rings (SSSR count). The Morgan fingerprint density at radius 1 is 1.92 bits per heavy atom. The molecule has 12 heavy (non-hydrogen) atoms. The van der Waals surface area contributed by atoms with E-state index < -0.39 is 0 Å². The molecule has 0 saturated carbocycles. The normalized spacial score (nSPS) is 9.83. The lowest BCUT2D eigenvalue weighted by Crippen LogP contribution is -2.06. The summed E-state index contributed by atoms with van der Waals surface area (Å²) >= 11 is 5.74. The largest absolute Gasteiger partial charge is 0.292 e. The van der Waals surface area contributed by atoms with E-state index in [0.29, 0.717) is 17.1 Å². The maximum atomic E-state index is 11.3. The predicted octanol–water partition coefficient (Wildman–Crippen LogP) is 1.83. The fourth-order valence-corrected chi connectivity index (χ4v) is 1.22. The third kappa shape index (κ3) is 1.56. The first kappa shape index (κ1) is 9.00. The number of aryl methyl sites for hydroxylation is 1. The maximum Gasteiger partial charge on any atom is 0.186 e. The molecule has 4 heteroatoms. The van der Waals surface area contributed by atoms with Crippen molar-refractivity contribution in [1.82, 2.24) is 9.78 Å². The van der Waals surface area contributed by atoms with Crippen LogP contribution >= 0.6 is 11.6 Å². The first-order chi connectivity index (χ1) is 5.66. The number of rotatable bonds is 3. The Morgan fingerprint density at radius 3 is 3.00 bits per heavy atom. The van der Waals surface area contributed by atoms with Crippen molar-refractivity contribution in [3.63, 3.8) is 0 Å². The highest BCUT2D eigenvalue weighted by molar-refractivity contribution is 6.33. The van der Waals surface area contributed by atoms with Gasteiger partial charge in [-0.1, -0.05) is 17.7 Å². The molecule has 0 bridgehead atoms. The fraction of sp³-hybridized carbons (Fsp3) is 0.250. The summed E-state index contributed by atoms with van der Waals surface area (Å²) in [6.07, 6.45) is 3.29. The van der Waals surface area contributed by atoms with Gasteiger partial charge in [-0.25, -0.2) is 0 Å². The van der Waals surface area contributed by atoms with Crippen molar-refractivity contribution in [2.45, 2.75) is 6.42 Å². The average molecular weight is 185 g/mol. The molecule has 0 saturated heterocycles. The zero-order valence-corrected chi connectivity index (χ0v) is 7.51. The first-order valence-electron chi connectivity index (χ1n) is 3.48. The quantitative estimate of drug-likeness (QED) is 0.531. The van der Waals surface area contributed by atoms with Crippen LogP contribution in [-0.4, -0.2) is 15.6 Å². The van der Waals surface area contributed by atoms with Gasteiger partial charge in [0, 0.05) is 13.5 Å². The third-order valence-corrected chi connectivity index (χ3v) is 1.76. The second-order valence-electron chi connectivity index (χ2n) is 2.38. The Balaban J connectivity index is 3.00. The van der Waals surface area contributed by atoms with Gasteiger partial charge in [0.05, 0.1) is 11.2 Å². The number of hydrogen-bond acceptors (Lipinski definition) is 2. The lowest BCUT2D eigenvalue weighted by Gasteiger charge is -1.98. The number of carbonyl (C=O) groups is 1. The highest BCUT2D eigenvalue weighted by atomic mass is 35.5. The van der Waals surface area contributed by atoms with Crippen LogP contribution in [0.15, 0.2) is 18.9 Å². The molecule has 0 amide bonds. The van der Waals surface area contributed by atoms with Crippen LogP contribution in [0.25, 0.3) is 0 Å². The maximum absolute atomic E-state index is 11.3. The number of Topliss-reactive ketones (excluding diaryl/α,β-unsaturated/α-hetero) is 1. The second-order valence-corrected chi connectivity index (χ2v) is 2.79. The number of hydrogen-bond donors (Lipinski definition) is 0. The van der Waals surface area contributed by atoms with Crippen molar-refractivity contribution in [1.29, 1.82) is 0 Å². The van der Waals surface area contributed by atoms with Crippen LogP contribution in [0.3, 0.4) is 0 Å². The van der Waals surface area contributed by atoms with Gasteiger partial charge in [-0.05, 0) is 0 Å². The van der Waals surface area contributed by atoms with Crippen LogP contribution in [-0.2, 0) is 7.05 Å². The van der Waals surface area contributed by atoms with E-state index in [2.05, 4.69) is 11.7 Å². The van der Waals surface area contributed by atoms with E-state index in [9.17, 15) is 4.79 Å². The molecule has 0 aliphatic heterocycles. The summed E-state index contributed by atoms with van der Waals surface area (Å²) in [7, 11) is 1.68. The Hall–Kier alpha value is -1.09. The molecular weight excluding hydrogens is 176 g/mol. The number of halogens is 1. The molecule has 0 fully saturated rings. The van der Waals surface area contributed by atoms with Gasteiger partial charge in [0.1, 0.15) is 5.69 Å². The summed E-state index contributed by atoms with van der Waals surface area (Å²) in [5, 5.41) is 4.24. The predicted molar refractivity (Wildman–Crippen MR) is 47.4 cm³/mol. The van der Waals surface area contributed by atoms with Crippen LogP contribution in [0, 0.1) is 0 Å². The number of aromatic nitrogens is 2. The SMILES string of the molecule is C=CCC(=O)c1c(Cl)cnn1C. The number of nitrogens with zero attached hydrogens (tertiary/aromatic N) is 2. The van der Waals surface area contributed by atoms with Crippen molar-refractivity contribution in [2.75, 3.05) is 0 Å². The molecule has 1 aromatic heterocycles. The molecule has 0 aliphatic rings. The molecule has 64 valence electrons. The zero-order valence-electron chi connectivity index (χ0n) is 6.75. The van der Waals surface area contributed by atoms with Crippen LogP contribution in [0.2, 0.25) is 5.02 Å². The second kappa shape index (κ2) is 3.54. The fourth-order valence-electron chi connectivity index (χ4n) is 0.952. The van der Waals surface area contributed by atoms with Gasteiger partial charge in [-0.15, -0.1) is 6.58 Å². The summed E-state index contributed by atoms with van der Waals surface area (Å²) in [6, 6.07) is 0. The summed E-state index contributed by atoms with van der Waals surface area (Å²) in [5.74, 6) is -0.0602. The van der Waals surface area contributed by atoms with Crippen molar-refractivity contribution < 1.29 is 4.79 Å². The van der Waals surface area contributed by atoms with E-state index in [4.69, 9.17) is 11.6 Å². The van der Waals surface area contributed by atoms with E-state index in [1.54, 1.807) is 13.1 Å². The minimum absolute atomic E-state index is 0.0602. The van der Waals surface area contributed by atoms with Crippen LogP contribution < -0.4 is 0 Å². The Labute approximate surface area is 75.6 Å². The van der Waals surface area contributed by atoms with E-state index in [-0.39, 0.29) is 5.78 Å². The van der Waals surface area contributed by atoms with Gasteiger partial charge in [-0.2, -0.15) is 5.10 Å². The third-order valence-electron chi connectivity index (χ3n) is 1.49. The van der Waals surface area contributed by atoms with Gasteiger partial charge >= 0.3 is 0 Å². The standard InChI is InChI=1S/C8H9ClN2O/c1-3-4-7(12)8-6(9)5-10-11(8)2/h3,5H,1,4H2,2H3. The summed E-state index contributed by atoms with van der Waals surface area (Å²) < 4.78 is 1.47. The molecule has 0 spiro atoms. The topological polar surface area (TPSA) is 34.9 Å². The lowest BCUT2D eigenvalue weighted by atomic mass is 10.2. The smallest absolute Gasteiger partial charge is 0.186 e. The van der Waals surface area contributed by atoms with E-state index >= 15 is 0 Å². The monoisotopic (exact) mass is 184 g/mol.